The van der Waals surface area contributed by atoms with E-state index >= 15 is 0 Å². The zero-order valence-electron chi connectivity index (χ0n) is 16.9. The molecule has 0 aliphatic carbocycles. The summed E-state index contributed by atoms with van der Waals surface area (Å²) in [5.74, 6) is -2.50. The van der Waals surface area contributed by atoms with Crippen molar-refractivity contribution in [3.8, 4) is 0 Å². The number of rotatable bonds is 6. The molecule has 0 spiro atoms. The third kappa shape index (κ3) is 5.76. The van der Waals surface area contributed by atoms with Gasteiger partial charge in [-0.25, -0.2) is 19.6 Å². The number of piperidine rings is 2. The first kappa shape index (κ1) is 22.2. The van der Waals surface area contributed by atoms with Crippen molar-refractivity contribution in [1.29, 1.82) is 0 Å². The van der Waals surface area contributed by atoms with Gasteiger partial charge in [-0.3, -0.25) is 20.3 Å². The Morgan fingerprint density at radius 2 is 2.11 bits per heavy atom. The molecule has 0 radical (unpaired) electrons. The molecule has 10 heteroatoms. The van der Waals surface area contributed by atoms with Crippen LogP contribution >= 0.6 is 11.8 Å². The summed E-state index contributed by atoms with van der Waals surface area (Å²) in [4.78, 5) is 14.9. The van der Waals surface area contributed by atoms with Crippen LogP contribution in [0.2, 0.25) is 0 Å². The highest BCUT2D eigenvalue weighted by atomic mass is 32.2. The third-order valence-corrected chi connectivity index (χ3v) is 7.59. The first-order valence-electron chi connectivity index (χ1n) is 10.3. The van der Waals surface area contributed by atoms with Crippen LogP contribution in [0.1, 0.15) is 46.0 Å². The Kier molecular flexibility index (Phi) is 7.54. The third-order valence-electron chi connectivity index (χ3n) is 6.04. The zero-order chi connectivity index (χ0) is 20.3. The number of carbonyl (C=O) groups excluding carboxylic acids is 1. The van der Waals surface area contributed by atoms with Gasteiger partial charge in [0.25, 0.3) is 5.92 Å². The lowest BCUT2D eigenvalue weighted by atomic mass is 9.92. The number of hydrazine groups is 1. The van der Waals surface area contributed by atoms with Crippen LogP contribution in [0.3, 0.4) is 0 Å². The smallest absolute Gasteiger partial charge is 0.260 e. The van der Waals surface area contributed by atoms with E-state index in [1.807, 2.05) is 11.8 Å². The van der Waals surface area contributed by atoms with Crippen LogP contribution in [0.25, 0.3) is 0 Å². The molecule has 162 valence electrons. The number of nitrogens with zero attached hydrogens (tertiary/aromatic N) is 1. The maximum absolute atomic E-state index is 13.6. The van der Waals surface area contributed by atoms with E-state index in [1.165, 1.54) is 0 Å². The second-order valence-corrected chi connectivity index (χ2v) is 9.85. The summed E-state index contributed by atoms with van der Waals surface area (Å²) in [6.07, 6.45) is 3.47. The van der Waals surface area contributed by atoms with Crippen LogP contribution in [0, 0.1) is 5.92 Å². The lowest BCUT2D eigenvalue weighted by Gasteiger charge is -2.37. The van der Waals surface area contributed by atoms with Gasteiger partial charge in [0.05, 0.1) is 24.9 Å². The van der Waals surface area contributed by atoms with Crippen molar-refractivity contribution in [3.63, 3.8) is 0 Å². The van der Waals surface area contributed by atoms with Crippen molar-refractivity contribution in [2.45, 2.75) is 80.9 Å². The van der Waals surface area contributed by atoms with E-state index in [0.29, 0.717) is 30.4 Å². The molecule has 0 aromatic heterocycles. The van der Waals surface area contributed by atoms with E-state index in [2.05, 4.69) is 45.7 Å². The largest absolute Gasteiger partial charge is 0.339 e. The average molecular weight is 421 g/mol. The normalized spacial score (nSPS) is 36.2. The van der Waals surface area contributed by atoms with E-state index in [0.717, 1.165) is 33.0 Å². The fraction of sp³-hybridized carbons (Fsp3) is 0.944. The minimum absolute atomic E-state index is 0.106. The molecule has 3 fully saturated rings. The SMILES string of the molecule is C[C@H](SC1NNCN1C)C1CCNC(NC(=O)C2CCCC(C(C)(F)F)N2)C1. The Morgan fingerprint density at radius 3 is 2.79 bits per heavy atom. The quantitative estimate of drug-likeness (QED) is 0.439. The summed E-state index contributed by atoms with van der Waals surface area (Å²) < 4.78 is 27.2. The van der Waals surface area contributed by atoms with E-state index < -0.39 is 18.0 Å². The van der Waals surface area contributed by atoms with Crippen molar-refractivity contribution in [1.82, 2.24) is 31.7 Å². The van der Waals surface area contributed by atoms with Gasteiger partial charge in [-0.1, -0.05) is 6.92 Å². The van der Waals surface area contributed by atoms with Crippen molar-refractivity contribution in [2.75, 3.05) is 20.3 Å². The van der Waals surface area contributed by atoms with Gasteiger partial charge >= 0.3 is 0 Å². The van der Waals surface area contributed by atoms with Gasteiger partial charge < -0.3 is 5.32 Å². The Balaban J connectivity index is 1.48. The molecule has 3 heterocycles. The van der Waals surface area contributed by atoms with E-state index in [4.69, 9.17) is 0 Å². The summed E-state index contributed by atoms with van der Waals surface area (Å²) in [7, 11) is 2.08. The van der Waals surface area contributed by atoms with Crippen LogP contribution in [-0.4, -0.2) is 66.0 Å². The predicted octanol–water partition coefficient (Wildman–Crippen LogP) is 0.997. The lowest BCUT2D eigenvalue weighted by molar-refractivity contribution is -0.126. The summed E-state index contributed by atoms with van der Waals surface area (Å²) in [6.45, 7) is 4.83. The Hall–Kier alpha value is -0.520. The summed E-state index contributed by atoms with van der Waals surface area (Å²) in [5.41, 5.74) is 6.65. The Bertz CT molecular complexity index is 537. The molecule has 3 aliphatic rings. The van der Waals surface area contributed by atoms with Gasteiger partial charge in [0.15, 0.2) is 0 Å². The highest BCUT2D eigenvalue weighted by molar-refractivity contribution is 8.00. The van der Waals surface area contributed by atoms with E-state index in [9.17, 15) is 13.6 Å². The van der Waals surface area contributed by atoms with Crippen molar-refractivity contribution < 1.29 is 13.6 Å². The molecular formula is C18H34F2N6OS. The van der Waals surface area contributed by atoms with Crippen LogP contribution in [0.5, 0.6) is 0 Å². The van der Waals surface area contributed by atoms with Gasteiger partial charge in [-0.05, 0) is 51.6 Å². The predicted molar refractivity (Wildman–Crippen MR) is 108 cm³/mol. The molecule has 6 atom stereocenters. The second kappa shape index (κ2) is 9.53. The molecule has 3 aliphatic heterocycles. The Labute approximate surface area is 170 Å². The topological polar surface area (TPSA) is 80.5 Å². The number of halogens is 2. The van der Waals surface area contributed by atoms with Crippen molar-refractivity contribution >= 4 is 17.7 Å². The fourth-order valence-corrected chi connectivity index (χ4v) is 5.51. The zero-order valence-corrected chi connectivity index (χ0v) is 17.7. The monoisotopic (exact) mass is 420 g/mol. The van der Waals surface area contributed by atoms with Crippen LogP contribution in [0.15, 0.2) is 0 Å². The maximum Gasteiger partial charge on any atom is 0.260 e. The molecule has 7 nitrogen and oxygen atoms in total. The van der Waals surface area contributed by atoms with E-state index in [1.54, 1.807) is 0 Å². The fourth-order valence-electron chi connectivity index (χ4n) is 4.20. The number of thioether (sulfide) groups is 1. The number of carbonyl (C=O) groups is 1. The summed E-state index contributed by atoms with van der Waals surface area (Å²) >= 11 is 1.89. The summed E-state index contributed by atoms with van der Waals surface area (Å²) in [5, 5.41) is 9.70. The number of nitrogens with one attached hydrogen (secondary N) is 5. The van der Waals surface area contributed by atoms with Crippen LogP contribution in [-0.2, 0) is 4.79 Å². The van der Waals surface area contributed by atoms with Crippen molar-refractivity contribution in [2.24, 2.45) is 5.92 Å². The van der Waals surface area contributed by atoms with Gasteiger partial charge in [-0.15, -0.1) is 11.8 Å². The molecule has 3 rings (SSSR count). The highest BCUT2D eigenvalue weighted by Gasteiger charge is 2.40. The van der Waals surface area contributed by atoms with Gasteiger partial charge in [-0.2, -0.15) is 0 Å². The summed E-state index contributed by atoms with van der Waals surface area (Å²) in [6, 6.07) is -1.47. The highest BCUT2D eigenvalue weighted by Crippen LogP contribution is 2.31. The first-order valence-corrected chi connectivity index (χ1v) is 11.2. The van der Waals surface area contributed by atoms with E-state index in [-0.39, 0.29) is 17.6 Å². The maximum atomic E-state index is 13.6. The van der Waals surface area contributed by atoms with Gasteiger partial charge in [0.1, 0.15) is 5.50 Å². The van der Waals surface area contributed by atoms with Crippen LogP contribution in [0.4, 0.5) is 8.78 Å². The minimum atomic E-state index is -2.81. The molecule has 3 saturated heterocycles. The second-order valence-electron chi connectivity index (χ2n) is 8.39. The average Bonchev–Trinajstić information content (AvgIpc) is 3.06. The number of hydrogen-bond acceptors (Lipinski definition) is 7. The number of hydrogen-bond donors (Lipinski definition) is 5. The molecule has 0 saturated carbocycles. The van der Waals surface area contributed by atoms with Gasteiger partial charge in [0, 0.05) is 12.2 Å². The lowest BCUT2D eigenvalue weighted by Crippen LogP contribution is -2.59. The molecule has 0 aromatic carbocycles. The molecule has 0 aromatic rings. The van der Waals surface area contributed by atoms with Gasteiger partial charge in [0.2, 0.25) is 5.91 Å². The molecule has 5 unspecified atom stereocenters. The number of alkyl halides is 2. The molecule has 5 N–H and O–H groups in total. The van der Waals surface area contributed by atoms with Crippen LogP contribution < -0.4 is 26.8 Å². The first-order chi connectivity index (χ1) is 13.2. The number of amides is 1. The molecule has 28 heavy (non-hydrogen) atoms. The molecule has 1 amide bonds. The molecule has 0 bridgehead atoms. The molecular weight excluding hydrogens is 386 g/mol. The standard InChI is InChI=1S/C18H34F2N6OS/c1-11(28-17-25-22-10-26(17)3)12-7-8-21-15(9-12)24-16(27)13-5-4-6-14(23-13)18(2,19)20/h11-15,17,21-23,25H,4-10H2,1-3H3,(H,24,27)/t11-,12?,13?,14?,15?,17?/m0/s1. The van der Waals surface area contributed by atoms with Crippen molar-refractivity contribution in [3.05, 3.63) is 0 Å². The minimum Gasteiger partial charge on any atom is -0.339 e. The Morgan fingerprint density at radius 1 is 1.32 bits per heavy atom.